The van der Waals surface area contributed by atoms with Crippen LogP contribution >= 0.6 is 11.6 Å². The molecule has 0 aliphatic rings. The SMILES string of the molecule is Cn1c(CO)nnc1-c1cccc(F)c1Cl. The number of rotatable bonds is 2. The van der Waals surface area contributed by atoms with Crippen molar-refractivity contribution in [3.05, 3.63) is 34.9 Å². The summed E-state index contributed by atoms with van der Waals surface area (Å²) in [6, 6.07) is 4.47. The van der Waals surface area contributed by atoms with Crippen molar-refractivity contribution >= 4 is 11.6 Å². The van der Waals surface area contributed by atoms with Gasteiger partial charge in [0.2, 0.25) is 0 Å². The van der Waals surface area contributed by atoms with Crippen LogP contribution in [0.15, 0.2) is 18.2 Å². The molecule has 0 radical (unpaired) electrons. The molecule has 1 heterocycles. The molecule has 2 aromatic rings. The molecule has 84 valence electrons. The maximum atomic E-state index is 13.2. The Hall–Kier alpha value is -1.46. The van der Waals surface area contributed by atoms with E-state index in [-0.39, 0.29) is 11.6 Å². The molecule has 0 unspecified atom stereocenters. The minimum atomic E-state index is -0.507. The molecular weight excluding hydrogens is 233 g/mol. The first kappa shape index (κ1) is 11.0. The number of aromatic nitrogens is 3. The number of hydrogen-bond donors (Lipinski definition) is 1. The van der Waals surface area contributed by atoms with E-state index in [9.17, 15) is 4.39 Å². The van der Waals surface area contributed by atoms with Gasteiger partial charge in [-0.2, -0.15) is 0 Å². The van der Waals surface area contributed by atoms with E-state index in [0.29, 0.717) is 17.2 Å². The van der Waals surface area contributed by atoms with Gasteiger partial charge in [-0.15, -0.1) is 10.2 Å². The predicted molar refractivity (Wildman–Crippen MR) is 57.3 cm³/mol. The average molecular weight is 242 g/mol. The van der Waals surface area contributed by atoms with Gasteiger partial charge in [-0.1, -0.05) is 17.7 Å². The van der Waals surface area contributed by atoms with E-state index < -0.39 is 5.82 Å². The lowest BCUT2D eigenvalue weighted by Gasteiger charge is -2.04. The Bertz CT molecular complexity index is 527. The first-order valence-electron chi connectivity index (χ1n) is 4.58. The number of hydrogen-bond acceptors (Lipinski definition) is 3. The van der Waals surface area contributed by atoms with E-state index in [1.54, 1.807) is 23.7 Å². The Morgan fingerprint density at radius 1 is 1.44 bits per heavy atom. The maximum Gasteiger partial charge on any atom is 0.165 e. The number of benzene rings is 1. The highest BCUT2D eigenvalue weighted by Crippen LogP contribution is 2.28. The first-order chi connectivity index (χ1) is 7.65. The monoisotopic (exact) mass is 241 g/mol. The molecule has 6 heteroatoms. The molecule has 4 nitrogen and oxygen atoms in total. The van der Waals surface area contributed by atoms with E-state index in [0.717, 1.165) is 0 Å². The number of aliphatic hydroxyl groups excluding tert-OH is 1. The van der Waals surface area contributed by atoms with Gasteiger partial charge in [0.25, 0.3) is 0 Å². The van der Waals surface area contributed by atoms with E-state index in [1.165, 1.54) is 6.07 Å². The van der Waals surface area contributed by atoms with E-state index in [1.807, 2.05) is 0 Å². The second kappa shape index (κ2) is 4.19. The molecule has 2 rings (SSSR count). The number of halogens is 2. The highest BCUT2D eigenvalue weighted by Gasteiger charge is 2.14. The minimum absolute atomic E-state index is 0.00231. The van der Waals surface area contributed by atoms with Crippen molar-refractivity contribution in [3.63, 3.8) is 0 Å². The molecule has 0 atom stereocenters. The third kappa shape index (κ3) is 1.68. The Labute approximate surface area is 96.3 Å². The van der Waals surface area contributed by atoms with Gasteiger partial charge in [-0.3, -0.25) is 0 Å². The second-order valence-corrected chi connectivity index (χ2v) is 3.64. The van der Waals surface area contributed by atoms with Crippen LogP contribution in [-0.2, 0) is 13.7 Å². The summed E-state index contributed by atoms with van der Waals surface area (Å²) in [6.45, 7) is -0.226. The Kier molecular flexibility index (Phi) is 2.89. The summed E-state index contributed by atoms with van der Waals surface area (Å²) >= 11 is 5.83. The average Bonchev–Trinajstić information content (AvgIpc) is 2.64. The molecule has 1 N–H and O–H groups in total. The van der Waals surface area contributed by atoms with Crippen molar-refractivity contribution in [1.82, 2.24) is 14.8 Å². The third-order valence-electron chi connectivity index (χ3n) is 2.30. The van der Waals surface area contributed by atoms with Crippen molar-refractivity contribution < 1.29 is 9.50 Å². The summed E-state index contributed by atoms with van der Waals surface area (Å²) < 4.78 is 14.8. The summed E-state index contributed by atoms with van der Waals surface area (Å²) in [4.78, 5) is 0. The highest BCUT2D eigenvalue weighted by atomic mass is 35.5. The normalized spacial score (nSPS) is 10.8. The lowest BCUT2D eigenvalue weighted by Crippen LogP contribution is -1.99. The van der Waals surface area contributed by atoms with E-state index in [2.05, 4.69) is 10.2 Å². The Morgan fingerprint density at radius 2 is 2.19 bits per heavy atom. The highest BCUT2D eigenvalue weighted by molar-refractivity contribution is 6.33. The Balaban J connectivity index is 2.59. The van der Waals surface area contributed by atoms with Crippen molar-refractivity contribution in [2.75, 3.05) is 0 Å². The predicted octanol–water partition coefficient (Wildman–Crippen LogP) is 1.77. The van der Waals surface area contributed by atoms with Crippen molar-refractivity contribution in [2.24, 2.45) is 7.05 Å². The summed E-state index contributed by atoms with van der Waals surface area (Å²) in [5.41, 5.74) is 0.455. The second-order valence-electron chi connectivity index (χ2n) is 3.26. The van der Waals surface area contributed by atoms with Crippen LogP contribution in [0.1, 0.15) is 5.82 Å². The van der Waals surface area contributed by atoms with Crippen LogP contribution in [-0.4, -0.2) is 19.9 Å². The van der Waals surface area contributed by atoms with Gasteiger partial charge < -0.3 is 9.67 Å². The summed E-state index contributed by atoms with van der Waals surface area (Å²) in [7, 11) is 1.68. The summed E-state index contributed by atoms with van der Waals surface area (Å²) in [5.74, 6) is 0.316. The fraction of sp³-hybridized carbons (Fsp3) is 0.200. The van der Waals surface area contributed by atoms with Gasteiger partial charge in [-0.05, 0) is 12.1 Å². The fourth-order valence-corrected chi connectivity index (χ4v) is 1.62. The molecule has 0 saturated heterocycles. The largest absolute Gasteiger partial charge is 0.388 e. The molecule has 0 spiro atoms. The topological polar surface area (TPSA) is 50.9 Å². The van der Waals surface area contributed by atoms with Gasteiger partial charge >= 0.3 is 0 Å². The molecule has 0 aliphatic heterocycles. The summed E-state index contributed by atoms with van der Waals surface area (Å²) in [5, 5.41) is 16.6. The van der Waals surface area contributed by atoms with Crippen LogP contribution in [0.3, 0.4) is 0 Å². The quantitative estimate of drug-likeness (QED) is 0.872. The standard InChI is InChI=1S/C10H9ClFN3O/c1-15-8(5-16)13-14-10(15)6-3-2-4-7(12)9(6)11/h2-4,16H,5H2,1H3. The molecule has 16 heavy (non-hydrogen) atoms. The van der Waals surface area contributed by atoms with Gasteiger partial charge in [0, 0.05) is 12.6 Å². The molecule has 0 fully saturated rings. The van der Waals surface area contributed by atoms with Crippen LogP contribution in [0.5, 0.6) is 0 Å². The molecule has 0 amide bonds. The van der Waals surface area contributed by atoms with E-state index >= 15 is 0 Å². The zero-order valence-electron chi connectivity index (χ0n) is 8.48. The molecular formula is C10H9ClFN3O. The van der Waals surface area contributed by atoms with Crippen molar-refractivity contribution in [1.29, 1.82) is 0 Å². The molecule has 0 aliphatic carbocycles. The fourth-order valence-electron chi connectivity index (χ4n) is 1.41. The zero-order valence-corrected chi connectivity index (χ0v) is 9.24. The maximum absolute atomic E-state index is 13.2. The third-order valence-corrected chi connectivity index (χ3v) is 2.68. The smallest absolute Gasteiger partial charge is 0.165 e. The van der Waals surface area contributed by atoms with Crippen molar-refractivity contribution in [2.45, 2.75) is 6.61 Å². The van der Waals surface area contributed by atoms with Crippen molar-refractivity contribution in [3.8, 4) is 11.4 Å². The number of aliphatic hydroxyl groups is 1. The minimum Gasteiger partial charge on any atom is -0.388 e. The molecule has 1 aromatic heterocycles. The molecule has 0 saturated carbocycles. The summed E-state index contributed by atoms with van der Waals surface area (Å²) in [6.07, 6.45) is 0. The van der Waals surface area contributed by atoms with Gasteiger partial charge in [-0.25, -0.2) is 4.39 Å². The first-order valence-corrected chi connectivity index (χ1v) is 4.96. The van der Waals surface area contributed by atoms with Crippen LogP contribution in [0.2, 0.25) is 5.02 Å². The van der Waals surface area contributed by atoms with Crippen LogP contribution < -0.4 is 0 Å². The van der Waals surface area contributed by atoms with Gasteiger partial charge in [0.1, 0.15) is 12.4 Å². The van der Waals surface area contributed by atoms with Gasteiger partial charge in [0.05, 0.1) is 5.02 Å². The van der Waals surface area contributed by atoms with Crippen LogP contribution in [0, 0.1) is 5.82 Å². The lowest BCUT2D eigenvalue weighted by atomic mass is 10.2. The Morgan fingerprint density at radius 3 is 2.81 bits per heavy atom. The van der Waals surface area contributed by atoms with Crippen LogP contribution in [0.25, 0.3) is 11.4 Å². The van der Waals surface area contributed by atoms with Crippen LogP contribution in [0.4, 0.5) is 4.39 Å². The van der Waals surface area contributed by atoms with E-state index in [4.69, 9.17) is 16.7 Å². The lowest BCUT2D eigenvalue weighted by molar-refractivity contribution is 0.267. The van der Waals surface area contributed by atoms with Gasteiger partial charge in [0.15, 0.2) is 11.6 Å². The molecule has 0 bridgehead atoms. The zero-order chi connectivity index (χ0) is 11.7. The number of nitrogens with zero attached hydrogens (tertiary/aromatic N) is 3. The molecule has 1 aromatic carbocycles.